The van der Waals surface area contributed by atoms with Crippen LogP contribution in [0.25, 0.3) is 11.4 Å². The van der Waals surface area contributed by atoms with Crippen LogP contribution in [0.1, 0.15) is 42.6 Å². The first kappa shape index (κ1) is 20.7. The number of nitrogens with zero attached hydrogens (tertiary/aromatic N) is 2. The molecule has 0 saturated carbocycles. The monoisotopic (exact) mass is 413 g/mol. The van der Waals surface area contributed by atoms with Gasteiger partial charge in [0.25, 0.3) is 5.91 Å². The Morgan fingerprint density at radius 3 is 2.28 bits per heavy atom. The predicted octanol–water partition coefficient (Wildman–Crippen LogP) is 4.00. The number of rotatable bonds is 4. The summed E-state index contributed by atoms with van der Waals surface area (Å²) in [6.45, 7) is 7.73. The lowest BCUT2D eigenvalue weighted by Crippen LogP contribution is -2.14. The molecule has 29 heavy (non-hydrogen) atoms. The molecule has 0 aliphatic carbocycles. The van der Waals surface area contributed by atoms with Crippen LogP contribution in [0.15, 0.2) is 51.9 Å². The summed E-state index contributed by atoms with van der Waals surface area (Å²) in [4.78, 5) is 17.2. The fourth-order valence-corrected chi connectivity index (χ4v) is 3.27. The van der Waals surface area contributed by atoms with Gasteiger partial charge in [0.05, 0.1) is 4.90 Å². The van der Waals surface area contributed by atoms with Crippen LogP contribution >= 0.6 is 0 Å². The summed E-state index contributed by atoms with van der Waals surface area (Å²) >= 11 is 0. The largest absolute Gasteiger partial charge is 0.338 e. The number of nitrogens with one attached hydrogen (secondary N) is 1. The molecule has 0 fully saturated rings. The molecular weight excluding hydrogens is 390 g/mol. The van der Waals surface area contributed by atoms with Gasteiger partial charge in [-0.1, -0.05) is 32.0 Å². The summed E-state index contributed by atoms with van der Waals surface area (Å²) in [5.41, 5.74) is 2.09. The molecule has 152 valence electrons. The summed E-state index contributed by atoms with van der Waals surface area (Å²) in [6.07, 6.45) is 1.11. The van der Waals surface area contributed by atoms with Crippen LogP contribution in [-0.2, 0) is 15.3 Å². The van der Waals surface area contributed by atoms with Gasteiger partial charge in [-0.05, 0) is 48.9 Å². The first-order chi connectivity index (χ1) is 13.4. The molecule has 0 aliphatic heterocycles. The highest BCUT2D eigenvalue weighted by atomic mass is 32.2. The van der Waals surface area contributed by atoms with E-state index in [1.54, 1.807) is 37.3 Å². The van der Waals surface area contributed by atoms with Crippen LogP contribution in [0, 0.1) is 6.92 Å². The van der Waals surface area contributed by atoms with E-state index < -0.39 is 9.84 Å². The molecule has 8 heteroatoms. The molecule has 1 N–H and O–H groups in total. The Hall–Kier alpha value is -3.00. The van der Waals surface area contributed by atoms with Crippen molar-refractivity contribution in [2.24, 2.45) is 0 Å². The lowest BCUT2D eigenvalue weighted by Gasteiger charge is -2.10. The number of hydrogen-bond donors (Lipinski definition) is 1. The SMILES string of the molecule is Cc1ccc(S(C)(=O)=O)cc1C(=O)Nc1ccc(-c2noc(C(C)(C)C)n2)cc1. The number of benzene rings is 2. The van der Waals surface area contributed by atoms with Crippen molar-refractivity contribution in [3.63, 3.8) is 0 Å². The third-order valence-corrected chi connectivity index (χ3v) is 5.46. The van der Waals surface area contributed by atoms with Crippen LogP contribution in [0.4, 0.5) is 5.69 Å². The zero-order valence-electron chi connectivity index (χ0n) is 17.0. The van der Waals surface area contributed by atoms with Gasteiger partial charge in [-0.25, -0.2) is 8.42 Å². The Balaban J connectivity index is 1.80. The van der Waals surface area contributed by atoms with Crippen LogP contribution in [-0.4, -0.2) is 30.7 Å². The van der Waals surface area contributed by atoms with Gasteiger partial charge in [0, 0.05) is 28.5 Å². The highest BCUT2D eigenvalue weighted by Crippen LogP contribution is 2.25. The Morgan fingerprint density at radius 2 is 1.72 bits per heavy atom. The van der Waals surface area contributed by atoms with Gasteiger partial charge in [-0.3, -0.25) is 4.79 Å². The minimum atomic E-state index is -3.40. The number of aryl methyl sites for hydroxylation is 1. The maximum absolute atomic E-state index is 12.6. The summed E-state index contributed by atoms with van der Waals surface area (Å²) in [5, 5.41) is 6.79. The Bertz CT molecular complexity index is 1160. The number of anilines is 1. The zero-order valence-corrected chi connectivity index (χ0v) is 17.8. The number of carbonyl (C=O) groups excluding carboxylic acids is 1. The summed E-state index contributed by atoms with van der Waals surface area (Å²) in [7, 11) is -3.40. The molecule has 0 spiro atoms. The van der Waals surface area contributed by atoms with Gasteiger partial charge in [0.2, 0.25) is 11.7 Å². The van der Waals surface area contributed by atoms with E-state index in [-0.39, 0.29) is 16.2 Å². The Morgan fingerprint density at radius 1 is 1.07 bits per heavy atom. The number of amides is 1. The molecule has 0 saturated heterocycles. The van der Waals surface area contributed by atoms with Crippen molar-refractivity contribution >= 4 is 21.4 Å². The van der Waals surface area contributed by atoms with E-state index in [1.807, 2.05) is 20.8 Å². The van der Waals surface area contributed by atoms with E-state index in [0.29, 0.717) is 28.5 Å². The minimum absolute atomic E-state index is 0.107. The average molecular weight is 413 g/mol. The standard InChI is InChI=1S/C21H23N3O4S/c1-13-6-11-16(29(5,26)27)12-17(13)19(25)22-15-9-7-14(8-10-15)18-23-20(28-24-18)21(2,3)4/h6-12H,1-5H3,(H,22,25). The van der Waals surface area contributed by atoms with Gasteiger partial charge in [-0.15, -0.1) is 0 Å². The predicted molar refractivity (Wildman–Crippen MR) is 111 cm³/mol. The van der Waals surface area contributed by atoms with Crippen molar-refractivity contribution in [1.82, 2.24) is 10.1 Å². The van der Waals surface area contributed by atoms with E-state index in [4.69, 9.17) is 4.52 Å². The van der Waals surface area contributed by atoms with E-state index in [9.17, 15) is 13.2 Å². The molecule has 3 rings (SSSR count). The van der Waals surface area contributed by atoms with Gasteiger partial charge < -0.3 is 9.84 Å². The zero-order chi connectivity index (χ0) is 21.4. The van der Waals surface area contributed by atoms with Gasteiger partial charge in [-0.2, -0.15) is 4.98 Å². The third-order valence-electron chi connectivity index (χ3n) is 4.35. The number of carbonyl (C=O) groups is 1. The number of aromatic nitrogens is 2. The number of sulfone groups is 1. The Labute approximate surface area is 170 Å². The van der Waals surface area contributed by atoms with E-state index >= 15 is 0 Å². The van der Waals surface area contributed by atoms with Crippen molar-refractivity contribution in [3.05, 3.63) is 59.5 Å². The summed E-state index contributed by atoms with van der Waals surface area (Å²) < 4.78 is 28.8. The fourth-order valence-electron chi connectivity index (χ4n) is 2.62. The van der Waals surface area contributed by atoms with Crippen molar-refractivity contribution in [2.45, 2.75) is 38.0 Å². The van der Waals surface area contributed by atoms with Crippen LogP contribution in [0.5, 0.6) is 0 Å². The molecule has 2 aromatic carbocycles. The molecule has 0 bridgehead atoms. The highest BCUT2D eigenvalue weighted by molar-refractivity contribution is 7.90. The molecule has 0 unspecified atom stereocenters. The second kappa shape index (κ2) is 7.44. The van der Waals surface area contributed by atoms with Gasteiger partial charge >= 0.3 is 0 Å². The van der Waals surface area contributed by atoms with Crippen molar-refractivity contribution in [3.8, 4) is 11.4 Å². The van der Waals surface area contributed by atoms with E-state index in [2.05, 4.69) is 15.5 Å². The third kappa shape index (κ3) is 4.71. The Kier molecular flexibility index (Phi) is 5.32. The topological polar surface area (TPSA) is 102 Å². The van der Waals surface area contributed by atoms with Crippen molar-refractivity contribution in [2.75, 3.05) is 11.6 Å². The summed E-state index contributed by atoms with van der Waals surface area (Å²) in [5.74, 6) is 0.644. The molecule has 1 heterocycles. The van der Waals surface area contributed by atoms with E-state index in [1.165, 1.54) is 12.1 Å². The molecule has 1 amide bonds. The second-order valence-electron chi connectivity index (χ2n) is 7.95. The average Bonchev–Trinajstić information content (AvgIpc) is 3.12. The van der Waals surface area contributed by atoms with Gasteiger partial charge in [0.15, 0.2) is 9.84 Å². The van der Waals surface area contributed by atoms with Gasteiger partial charge in [0.1, 0.15) is 0 Å². The normalized spacial score (nSPS) is 12.0. The van der Waals surface area contributed by atoms with Crippen LogP contribution < -0.4 is 5.32 Å². The molecule has 3 aromatic rings. The van der Waals surface area contributed by atoms with Crippen molar-refractivity contribution in [1.29, 1.82) is 0 Å². The first-order valence-electron chi connectivity index (χ1n) is 9.02. The maximum atomic E-state index is 12.6. The molecular formula is C21H23N3O4S. The number of hydrogen-bond acceptors (Lipinski definition) is 6. The maximum Gasteiger partial charge on any atom is 0.255 e. The lowest BCUT2D eigenvalue weighted by atomic mass is 9.97. The van der Waals surface area contributed by atoms with Crippen LogP contribution in [0.3, 0.4) is 0 Å². The quantitative estimate of drug-likeness (QED) is 0.694. The molecule has 0 radical (unpaired) electrons. The molecule has 0 atom stereocenters. The van der Waals surface area contributed by atoms with E-state index in [0.717, 1.165) is 11.8 Å². The highest BCUT2D eigenvalue weighted by Gasteiger charge is 2.22. The minimum Gasteiger partial charge on any atom is -0.338 e. The summed E-state index contributed by atoms with van der Waals surface area (Å²) in [6, 6.07) is 11.5. The van der Waals surface area contributed by atoms with Crippen LogP contribution in [0.2, 0.25) is 0 Å². The van der Waals surface area contributed by atoms with Crippen molar-refractivity contribution < 1.29 is 17.7 Å². The first-order valence-corrected chi connectivity index (χ1v) is 10.9. The fraction of sp³-hybridized carbons (Fsp3) is 0.286. The lowest BCUT2D eigenvalue weighted by molar-refractivity contribution is 0.102. The molecule has 7 nitrogen and oxygen atoms in total. The second-order valence-corrected chi connectivity index (χ2v) is 9.97. The molecule has 1 aromatic heterocycles. The molecule has 0 aliphatic rings. The smallest absolute Gasteiger partial charge is 0.255 e.